The molecule has 11 heteroatoms. The molecule has 1 aliphatic rings. The summed E-state index contributed by atoms with van der Waals surface area (Å²) in [6, 6.07) is 9.78. The molecule has 3 rings (SSSR count). The van der Waals surface area contributed by atoms with Gasteiger partial charge in [0, 0.05) is 0 Å². The van der Waals surface area contributed by atoms with Crippen LogP contribution in [0, 0.1) is 0 Å². The molecule has 2 aromatic rings. The molecular formula is C25H24BrNO8S. The van der Waals surface area contributed by atoms with Gasteiger partial charge >= 0.3 is 11.9 Å². The number of halogens is 1. The van der Waals surface area contributed by atoms with E-state index in [0.29, 0.717) is 33.7 Å². The van der Waals surface area contributed by atoms with Crippen molar-refractivity contribution in [2.75, 3.05) is 13.2 Å². The molecule has 2 amide bonds. The monoisotopic (exact) mass is 577 g/mol. The molecule has 0 aromatic heterocycles. The molecule has 1 saturated heterocycles. The molecule has 0 saturated carbocycles. The molecule has 0 radical (unpaired) electrons. The second-order valence-electron chi connectivity index (χ2n) is 7.86. The molecule has 9 nitrogen and oxygen atoms in total. The third-order valence-corrected chi connectivity index (χ3v) is 6.21. The average molecular weight is 578 g/mol. The Labute approximate surface area is 220 Å². The van der Waals surface area contributed by atoms with Crippen molar-refractivity contribution in [2.24, 2.45) is 0 Å². The largest absolute Gasteiger partial charge is 0.490 e. The normalized spacial score (nSPS) is 14.5. The van der Waals surface area contributed by atoms with E-state index in [1.54, 1.807) is 38.1 Å². The van der Waals surface area contributed by atoms with Gasteiger partial charge in [-0.2, -0.15) is 0 Å². The molecule has 0 aliphatic carbocycles. The van der Waals surface area contributed by atoms with E-state index < -0.39 is 29.6 Å². The first-order valence-electron chi connectivity index (χ1n) is 10.9. The number of carboxylic acid groups (broad SMARTS) is 1. The number of aromatic carboxylic acids is 1. The number of imide groups is 1. The van der Waals surface area contributed by atoms with E-state index in [4.69, 9.17) is 14.2 Å². The third-order valence-electron chi connectivity index (χ3n) is 4.71. The minimum Gasteiger partial charge on any atom is -0.490 e. The molecule has 1 N–H and O–H groups in total. The minimum atomic E-state index is -1.03. The molecular weight excluding hydrogens is 554 g/mol. The number of rotatable bonds is 10. The van der Waals surface area contributed by atoms with E-state index in [-0.39, 0.29) is 23.2 Å². The van der Waals surface area contributed by atoms with Crippen LogP contribution < -0.4 is 9.47 Å². The smallest absolute Gasteiger partial charge is 0.335 e. The summed E-state index contributed by atoms with van der Waals surface area (Å²) in [4.78, 5) is 49.2. The van der Waals surface area contributed by atoms with Crippen LogP contribution >= 0.6 is 27.7 Å². The first-order chi connectivity index (χ1) is 17.1. The number of ether oxygens (including phenoxy) is 3. The van der Waals surface area contributed by atoms with E-state index in [1.807, 2.05) is 6.92 Å². The van der Waals surface area contributed by atoms with Crippen molar-refractivity contribution in [3.63, 3.8) is 0 Å². The first-order valence-corrected chi connectivity index (χ1v) is 12.6. The number of hydrogen-bond donors (Lipinski definition) is 1. The summed E-state index contributed by atoms with van der Waals surface area (Å²) in [5, 5.41) is 8.63. The van der Waals surface area contributed by atoms with Gasteiger partial charge in [-0.15, -0.1) is 0 Å². The van der Waals surface area contributed by atoms with Crippen molar-refractivity contribution >= 4 is 56.9 Å². The molecule has 36 heavy (non-hydrogen) atoms. The highest BCUT2D eigenvalue weighted by molar-refractivity contribution is 9.10. The molecule has 0 spiro atoms. The number of benzene rings is 2. The van der Waals surface area contributed by atoms with E-state index in [1.165, 1.54) is 18.2 Å². The fourth-order valence-electron chi connectivity index (χ4n) is 3.24. The number of hydrogen-bond acceptors (Lipinski definition) is 8. The highest BCUT2D eigenvalue weighted by Crippen LogP contribution is 2.39. The second kappa shape index (κ2) is 12.1. The lowest BCUT2D eigenvalue weighted by Gasteiger charge is -2.15. The molecule has 1 heterocycles. The Kier molecular flexibility index (Phi) is 9.16. The van der Waals surface area contributed by atoms with Crippen LogP contribution in [0.1, 0.15) is 42.3 Å². The van der Waals surface area contributed by atoms with Crippen molar-refractivity contribution in [1.82, 2.24) is 4.90 Å². The summed E-state index contributed by atoms with van der Waals surface area (Å²) in [5.74, 6) is -1.48. The molecule has 0 atom stereocenters. The van der Waals surface area contributed by atoms with Gasteiger partial charge in [0.2, 0.25) is 0 Å². The van der Waals surface area contributed by atoms with Gasteiger partial charge in [-0.3, -0.25) is 19.3 Å². The van der Waals surface area contributed by atoms with Gasteiger partial charge in [0.25, 0.3) is 11.1 Å². The highest BCUT2D eigenvalue weighted by Gasteiger charge is 2.37. The van der Waals surface area contributed by atoms with Gasteiger partial charge in [-0.1, -0.05) is 12.1 Å². The predicted octanol–water partition coefficient (Wildman–Crippen LogP) is 5.11. The van der Waals surface area contributed by atoms with Gasteiger partial charge in [-0.25, -0.2) is 4.79 Å². The number of amides is 2. The number of nitrogens with zero attached hydrogens (tertiary/aromatic N) is 1. The molecule has 0 bridgehead atoms. The first kappa shape index (κ1) is 27.3. The summed E-state index contributed by atoms with van der Waals surface area (Å²) in [6.45, 7) is 5.16. The summed E-state index contributed by atoms with van der Waals surface area (Å²) in [5.41, 5.74) is 1.39. The number of carboxylic acids is 1. The van der Waals surface area contributed by atoms with Crippen LogP contribution in [0.15, 0.2) is 45.8 Å². The fourth-order valence-corrected chi connectivity index (χ4v) is 4.65. The zero-order valence-corrected chi connectivity index (χ0v) is 22.2. The van der Waals surface area contributed by atoms with Crippen LogP contribution in [0.25, 0.3) is 6.08 Å². The quantitative estimate of drug-likeness (QED) is 0.303. The second-order valence-corrected chi connectivity index (χ2v) is 9.71. The van der Waals surface area contributed by atoms with Crippen LogP contribution in [-0.2, 0) is 20.9 Å². The molecule has 0 unspecified atom stereocenters. The van der Waals surface area contributed by atoms with E-state index in [2.05, 4.69) is 15.9 Å². The minimum absolute atomic E-state index is 0.102. The lowest BCUT2D eigenvalue weighted by molar-refractivity contribution is -0.149. The molecule has 1 aliphatic heterocycles. The average Bonchev–Trinajstić information content (AvgIpc) is 3.05. The van der Waals surface area contributed by atoms with Crippen LogP contribution in [0.2, 0.25) is 0 Å². The van der Waals surface area contributed by atoms with Gasteiger partial charge in [-0.05, 0) is 89.9 Å². The van der Waals surface area contributed by atoms with Crippen molar-refractivity contribution in [1.29, 1.82) is 0 Å². The van der Waals surface area contributed by atoms with E-state index in [9.17, 15) is 24.3 Å². The Morgan fingerprint density at radius 3 is 2.58 bits per heavy atom. The zero-order valence-electron chi connectivity index (χ0n) is 19.8. The number of thioether (sulfide) groups is 1. The Hall–Kier alpha value is -3.31. The highest BCUT2D eigenvalue weighted by atomic mass is 79.9. The van der Waals surface area contributed by atoms with Crippen LogP contribution in [0.4, 0.5) is 4.79 Å². The summed E-state index contributed by atoms with van der Waals surface area (Å²) in [7, 11) is 0. The lowest BCUT2D eigenvalue weighted by atomic mass is 10.1. The third kappa shape index (κ3) is 6.88. The maximum Gasteiger partial charge on any atom is 0.335 e. The summed E-state index contributed by atoms with van der Waals surface area (Å²) < 4.78 is 17.2. The maximum atomic E-state index is 12.7. The zero-order chi connectivity index (χ0) is 26.4. The maximum absolute atomic E-state index is 12.7. The molecule has 190 valence electrons. The summed E-state index contributed by atoms with van der Waals surface area (Å²) in [6.07, 6.45) is 1.18. The fraction of sp³-hybridized carbons (Fsp3) is 0.280. The predicted molar refractivity (Wildman–Crippen MR) is 137 cm³/mol. The standard InChI is InChI=1S/C25H24BrNO8S/c1-4-33-19-10-16(11-20-23(29)27(25(32)36-20)12-21(28)35-14(2)3)9-18(26)22(19)34-13-15-6-5-7-17(8-15)24(30)31/h5-11,14H,4,12-13H2,1-3H3,(H,30,31)/b20-11+. The Bertz CT molecular complexity index is 1230. The van der Waals surface area contributed by atoms with Gasteiger partial charge in [0.15, 0.2) is 11.5 Å². The Morgan fingerprint density at radius 2 is 1.92 bits per heavy atom. The number of esters is 1. The molecule has 2 aromatic carbocycles. The lowest BCUT2D eigenvalue weighted by Crippen LogP contribution is -2.35. The van der Waals surface area contributed by atoms with Crippen molar-refractivity contribution < 1.29 is 38.5 Å². The van der Waals surface area contributed by atoms with Crippen molar-refractivity contribution in [3.8, 4) is 11.5 Å². The van der Waals surface area contributed by atoms with Crippen LogP contribution in [-0.4, -0.2) is 52.3 Å². The Morgan fingerprint density at radius 1 is 1.17 bits per heavy atom. The SMILES string of the molecule is CCOc1cc(/C=C2/SC(=O)N(CC(=O)OC(C)C)C2=O)cc(Br)c1OCc1cccc(C(=O)O)c1. The van der Waals surface area contributed by atoms with Crippen molar-refractivity contribution in [3.05, 3.63) is 62.5 Å². The van der Waals surface area contributed by atoms with Gasteiger partial charge in [0.05, 0.1) is 27.7 Å². The van der Waals surface area contributed by atoms with Gasteiger partial charge < -0.3 is 19.3 Å². The molecule has 1 fully saturated rings. The van der Waals surface area contributed by atoms with E-state index in [0.717, 1.165) is 16.7 Å². The number of carbonyl (C=O) groups is 4. The van der Waals surface area contributed by atoms with Crippen molar-refractivity contribution in [2.45, 2.75) is 33.5 Å². The van der Waals surface area contributed by atoms with Crippen LogP contribution in [0.3, 0.4) is 0 Å². The van der Waals surface area contributed by atoms with E-state index >= 15 is 0 Å². The summed E-state index contributed by atoms with van der Waals surface area (Å²) >= 11 is 4.20. The number of carbonyl (C=O) groups excluding carboxylic acids is 3. The Balaban J connectivity index is 1.81. The van der Waals surface area contributed by atoms with Crippen LogP contribution in [0.5, 0.6) is 11.5 Å². The van der Waals surface area contributed by atoms with Gasteiger partial charge in [0.1, 0.15) is 13.2 Å². The topological polar surface area (TPSA) is 119 Å².